The van der Waals surface area contributed by atoms with Gasteiger partial charge in [-0.15, -0.1) is 0 Å². The van der Waals surface area contributed by atoms with E-state index in [2.05, 4.69) is 92.1 Å². The molecule has 0 aromatic heterocycles. The first-order valence-corrected chi connectivity index (χ1v) is 13.5. The van der Waals surface area contributed by atoms with Crippen molar-refractivity contribution in [1.29, 1.82) is 0 Å². The zero-order valence-corrected chi connectivity index (χ0v) is 18.9. The van der Waals surface area contributed by atoms with E-state index in [1.54, 1.807) is 0 Å². The van der Waals surface area contributed by atoms with Gasteiger partial charge in [-0.1, -0.05) is 0 Å². The molecule has 2 rings (SSSR count). The Morgan fingerprint density at radius 3 is 2.04 bits per heavy atom. The number of hydrogen-bond acceptors (Lipinski definition) is 1. The Hall–Kier alpha value is -0.721. The zero-order chi connectivity index (χ0) is 18.0. The van der Waals surface area contributed by atoms with Gasteiger partial charge in [0.2, 0.25) is 0 Å². The van der Waals surface area contributed by atoms with Crippen LogP contribution in [0, 0.1) is 0 Å². The Labute approximate surface area is 160 Å². The van der Waals surface area contributed by atoms with Crippen LogP contribution in [0.2, 0.25) is 0 Å². The Kier molecular flexibility index (Phi) is 6.26. The van der Waals surface area contributed by atoms with Crippen molar-refractivity contribution in [3.8, 4) is 5.75 Å². The fraction of sp³-hybridized carbons (Fsp3) is 0.429. The van der Waals surface area contributed by atoms with Crippen LogP contribution in [-0.2, 0) is 17.4 Å². The van der Waals surface area contributed by atoms with Gasteiger partial charge in [-0.3, -0.25) is 0 Å². The maximum atomic E-state index is 6.34. The first-order chi connectivity index (χ1) is 11.1. The van der Waals surface area contributed by atoms with Crippen LogP contribution in [0.5, 0.6) is 5.75 Å². The molecule has 0 spiro atoms. The van der Waals surface area contributed by atoms with Crippen LogP contribution in [-0.4, -0.2) is 27.3 Å². The second-order valence-electron chi connectivity index (χ2n) is 8.21. The van der Waals surface area contributed by atoms with Crippen LogP contribution in [0.25, 0.3) is 0 Å². The number of rotatable bonds is 4. The van der Waals surface area contributed by atoms with Gasteiger partial charge < -0.3 is 0 Å². The first-order valence-electron chi connectivity index (χ1n) is 8.28. The number of ether oxygens (including phenoxy) is 1. The van der Waals surface area contributed by atoms with Crippen LogP contribution in [0.4, 0.5) is 0 Å². The van der Waals surface area contributed by atoms with E-state index >= 15 is 0 Å². The van der Waals surface area contributed by atoms with Crippen molar-refractivity contribution in [1.82, 2.24) is 0 Å². The van der Waals surface area contributed by atoms with Crippen LogP contribution in [0.3, 0.4) is 0 Å². The summed E-state index contributed by atoms with van der Waals surface area (Å²) in [7, 11) is 0. The topological polar surface area (TPSA) is 9.23 Å². The number of benzene rings is 2. The van der Waals surface area contributed by atoms with Gasteiger partial charge in [0.25, 0.3) is 0 Å². The Bertz CT molecular complexity index is 679. The van der Waals surface area contributed by atoms with E-state index in [4.69, 9.17) is 4.74 Å². The molecule has 0 aliphatic carbocycles. The quantitative estimate of drug-likeness (QED) is 0.629. The van der Waals surface area contributed by atoms with Crippen LogP contribution < -0.4 is 9.20 Å². The number of hydrogen-bond donors (Lipinski definition) is 0. The molecular formula is C21H27OSe2. The first kappa shape index (κ1) is 19.6. The molecule has 24 heavy (non-hydrogen) atoms. The van der Waals surface area contributed by atoms with Gasteiger partial charge in [0, 0.05) is 0 Å². The SMILES string of the molecule is CC(C)(C)c1cc([Se][Se])c(OCc2ccccc2)c(C(C)(C)C)c1. The molecule has 2 aromatic carbocycles. The zero-order valence-electron chi connectivity index (χ0n) is 15.5. The normalized spacial score (nSPS) is 12.3. The average molecular weight is 453 g/mol. The van der Waals surface area contributed by atoms with E-state index in [1.807, 2.05) is 6.07 Å². The molecule has 0 bridgehead atoms. The third kappa shape index (κ3) is 4.90. The molecule has 0 fully saturated rings. The summed E-state index contributed by atoms with van der Waals surface area (Å²) in [5.74, 6) is 1.07. The summed E-state index contributed by atoms with van der Waals surface area (Å²) < 4.78 is 7.65. The second kappa shape index (κ2) is 7.66. The Morgan fingerprint density at radius 1 is 0.917 bits per heavy atom. The van der Waals surface area contributed by atoms with Crippen molar-refractivity contribution in [3.63, 3.8) is 0 Å². The van der Waals surface area contributed by atoms with Gasteiger partial charge in [-0.25, -0.2) is 0 Å². The Morgan fingerprint density at radius 2 is 1.54 bits per heavy atom. The van der Waals surface area contributed by atoms with E-state index in [0.29, 0.717) is 6.61 Å². The fourth-order valence-corrected chi connectivity index (χ4v) is 4.76. The van der Waals surface area contributed by atoms with Crippen LogP contribution in [0.15, 0.2) is 42.5 Å². The predicted octanol–water partition coefficient (Wildman–Crippen LogP) is 4.27. The minimum atomic E-state index is 0.0489. The molecule has 0 amide bonds. The van der Waals surface area contributed by atoms with Gasteiger partial charge in [0.05, 0.1) is 0 Å². The van der Waals surface area contributed by atoms with Crippen molar-refractivity contribution in [2.45, 2.75) is 59.0 Å². The molecule has 0 saturated heterocycles. The fourth-order valence-electron chi connectivity index (χ4n) is 2.53. The van der Waals surface area contributed by atoms with Crippen molar-refractivity contribution in [2.75, 3.05) is 0 Å². The van der Waals surface area contributed by atoms with Crippen LogP contribution >= 0.6 is 0 Å². The third-order valence-corrected chi connectivity index (χ3v) is 7.02. The summed E-state index contributed by atoms with van der Waals surface area (Å²) in [6.07, 6.45) is 0. The van der Waals surface area contributed by atoms with E-state index in [9.17, 15) is 0 Å². The van der Waals surface area contributed by atoms with Gasteiger partial charge in [-0.2, -0.15) is 0 Å². The van der Waals surface area contributed by atoms with Crippen LogP contribution in [0.1, 0.15) is 58.2 Å². The molecule has 129 valence electrons. The van der Waals surface area contributed by atoms with E-state index in [1.165, 1.54) is 21.2 Å². The summed E-state index contributed by atoms with van der Waals surface area (Å²) in [5.41, 5.74) is 4.07. The van der Waals surface area contributed by atoms with E-state index in [-0.39, 0.29) is 24.0 Å². The van der Waals surface area contributed by atoms with Crippen molar-refractivity contribution in [3.05, 3.63) is 59.2 Å². The van der Waals surface area contributed by atoms with Crippen molar-refractivity contribution < 1.29 is 4.74 Å². The molecular weight excluding hydrogens is 426 g/mol. The van der Waals surface area contributed by atoms with E-state index < -0.39 is 0 Å². The summed E-state index contributed by atoms with van der Waals surface area (Å²) in [5, 5.41) is 0. The second-order valence-corrected chi connectivity index (χ2v) is 11.3. The van der Waals surface area contributed by atoms with Gasteiger partial charge in [0.15, 0.2) is 0 Å². The van der Waals surface area contributed by atoms with Crippen molar-refractivity contribution >= 4 is 31.8 Å². The molecule has 0 heterocycles. The molecule has 1 radical (unpaired) electrons. The van der Waals surface area contributed by atoms with E-state index in [0.717, 1.165) is 5.75 Å². The molecule has 2 aromatic rings. The summed E-state index contributed by atoms with van der Waals surface area (Å²) in [6, 6.07) is 15.1. The summed E-state index contributed by atoms with van der Waals surface area (Å²) in [4.78, 5) is 0. The molecule has 0 aliphatic rings. The Balaban J connectivity index is 2.48. The van der Waals surface area contributed by atoms with Gasteiger partial charge in [0.1, 0.15) is 0 Å². The average Bonchev–Trinajstić information content (AvgIpc) is 2.51. The molecule has 0 unspecified atom stereocenters. The predicted molar refractivity (Wildman–Crippen MR) is 106 cm³/mol. The van der Waals surface area contributed by atoms with Gasteiger partial charge in [-0.05, 0) is 0 Å². The van der Waals surface area contributed by atoms with Crippen molar-refractivity contribution in [2.24, 2.45) is 0 Å². The third-order valence-electron chi connectivity index (χ3n) is 4.04. The molecule has 1 nitrogen and oxygen atoms in total. The molecule has 0 aliphatic heterocycles. The monoisotopic (exact) mass is 455 g/mol. The summed E-state index contributed by atoms with van der Waals surface area (Å²) in [6.45, 7) is 14.2. The maximum absolute atomic E-state index is 6.34. The molecule has 3 heteroatoms. The van der Waals surface area contributed by atoms with Gasteiger partial charge >= 0.3 is 160 Å². The minimum absolute atomic E-state index is 0.0489. The molecule has 0 saturated carbocycles. The summed E-state index contributed by atoms with van der Waals surface area (Å²) >= 11 is 3.51. The molecule has 0 atom stereocenters. The standard InChI is InChI=1S/C21H27OSe2/c1-20(2,3)16-12-17(21(4,5)6)19(18(13-16)24-23)22-14-15-10-8-7-9-11-15/h7-13H,14H2,1-6H3. The molecule has 0 N–H and O–H groups in total.